The third-order valence-electron chi connectivity index (χ3n) is 2.50. The summed E-state index contributed by atoms with van der Waals surface area (Å²) in [7, 11) is 0. The number of nitrogens with one attached hydrogen (secondary N) is 1. The number of rotatable bonds is 3. The Morgan fingerprint density at radius 1 is 1.10 bits per heavy atom. The quantitative estimate of drug-likeness (QED) is 0.668. The van der Waals surface area contributed by atoms with Gasteiger partial charge in [-0.15, -0.1) is 12.4 Å². The summed E-state index contributed by atoms with van der Waals surface area (Å²) in [5, 5.41) is 3.56. The molecule has 0 aromatic rings. The van der Waals surface area contributed by atoms with Gasteiger partial charge in [-0.1, -0.05) is 6.42 Å². The monoisotopic (exact) mass is 161 g/mol. The molecule has 0 aliphatic heterocycles. The Morgan fingerprint density at radius 3 is 2.20 bits per heavy atom. The van der Waals surface area contributed by atoms with E-state index in [4.69, 9.17) is 0 Å². The van der Waals surface area contributed by atoms with Crippen molar-refractivity contribution in [2.45, 2.75) is 38.1 Å². The summed E-state index contributed by atoms with van der Waals surface area (Å²) >= 11 is 0. The first-order valence-corrected chi connectivity index (χ1v) is 4.18. The Balaban J connectivity index is 0.000000500. The van der Waals surface area contributed by atoms with E-state index in [1.165, 1.54) is 38.6 Å². The molecule has 60 valence electrons. The molecule has 0 aromatic heterocycles. The zero-order valence-electron chi connectivity index (χ0n) is 6.31. The average Bonchev–Trinajstić information content (AvgIpc) is 2.44. The van der Waals surface area contributed by atoms with Gasteiger partial charge < -0.3 is 5.32 Å². The second kappa shape index (κ2) is 3.59. The third kappa shape index (κ3) is 2.14. The van der Waals surface area contributed by atoms with Crippen LogP contribution in [0.25, 0.3) is 0 Å². The van der Waals surface area contributed by atoms with E-state index in [0.717, 1.165) is 12.0 Å². The SMILES string of the molecule is C1CC(CNC2CC2)C1.Cl. The first kappa shape index (κ1) is 8.35. The van der Waals surface area contributed by atoms with E-state index in [2.05, 4.69) is 5.32 Å². The lowest BCUT2D eigenvalue weighted by Gasteiger charge is -2.25. The number of hydrogen-bond donors (Lipinski definition) is 1. The van der Waals surface area contributed by atoms with Crippen molar-refractivity contribution in [1.82, 2.24) is 5.32 Å². The molecule has 2 fully saturated rings. The van der Waals surface area contributed by atoms with Crippen LogP contribution in [0, 0.1) is 5.92 Å². The molecule has 2 rings (SSSR count). The standard InChI is InChI=1S/C8H15N.ClH/c1-2-7(3-1)6-9-8-4-5-8;/h7-9H,1-6H2;1H. The minimum absolute atomic E-state index is 0. The van der Waals surface area contributed by atoms with Crippen LogP contribution < -0.4 is 5.32 Å². The molecular formula is C8H16ClN. The summed E-state index contributed by atoms with van der Waals surface area (Å²) in [6, 6.07) is 0.922. The van der Waals surface area contributed by atoms with Gasteiger partial charge >= 0.3 is 0 Å². The summed E-state index contributed by atoms with van der Waals surface area (Å²) in [5.41, 5.74) is 0. The van der Waals surface area contributed by atoms with Gasteiger partial charge in [-0.2, -0.15) is 0 Å². The van der Waals surface area contributed by atoms with Crippen molar-refractivity contribution < 1.29 is 0 Å². The van der Waals surface area contributed by atoms with E-state index >= 15 is 0 Å². The first-order valence-electron chi connectivity index (χ1n) is 4.18. The highest BCUT2D eigenvalue weighted by Gasteiger charge is 2.23. The van der Waals surface area contributed by atoms with E-state index in [0.29, 0.717) is 0 Å². The van der Waals surface area contributed by atoms with Crippen LogP contribution in [0.3, 0.4) is 0 Å². The number of hydrogen-bond acceptors (Lipinski definition) is 1. The molecule has 10 heavy (non-hydrogen) atoms. The fraction of sp³-hybridized carbons (Fsp3) is 1.00. The molecule has 2 aliphatic carbocycles. The summed E-state index contributed by atoms with van der Waals surface area (Å²) in [4.78, 5) is 0. The molecule has 0 spiro atoms. The Labute approximate surface area is 69.0 Å². The van der Waals surface area contributed by atoms with E-state index in [1.807, 2.05) is 0 Å². The maximum Gasteiger partial charge on any atom is 0.00683 e. The molecule has 0 amide bonds. The predicted molar refractivity (Wildman–Crippen MR) is 45.6 cm³/mol. The van der Waals surface area contributed by atoms with E-state index in [-0.39, 0.29) is 12.4 Å². The highest BCUT2D eigenvalue weighted by molar-refractivity contribution is 5.85. The lowest BCUT2D eigenvalue weighted by atomic mass is 9.85. The molecule has 0 bridgehead atoms. The largest absolute Gasteiger partial charge is 0.314 e. The predicted octanol–water partition coefficient (Wildman–Crippen LogP) is 1.96. The minimum Gasteiger partial charge on any atom is -0.314 e. The zero-order valence-corrected chi connectivity index (χ0v) is 7.12. The fourth-order valence-electron chi connectivity index (χ4n) is 1.32. The van der Waals surface area contributed by atoms with Crippen LogP contribution in [0.2, 0.25) is 0 Å². The molecule has 0 atom stereocenters. The summed E-state index contributed by atoms with van der Waals surface area (Å²) < 4.78 is 0. The van der Waals surface area contributed by atoms with Gasteiger partial charge in [0.1, 0.15) is 0 Å². The van der Waals surface area contributed by atoms with Gasteiger partial charge in [-0.25, -0.2) is 0 Å². The Kier molecular flexibility index (Phi) is 2.99. The molecule has 1 nitrogen and oxygen atoms in total. The maximum atomic E-state index is 3.56. The smallest absolute Gasteiger partial charge is 0.00683 e. The Morgan fingerprint density at radius 2 is 1.80 bits per heavy atom. The van der Waals surface area contributed by atoms with Crippen molar-refractivity contribution in [2.75, 3.05) is 6.54 Å². The summed E-state index contributed by atoms with van der Waals surface area (Å²) in [5.74, 6) is 1.05. The lowest BCUT2D eigenvalue weighted by Crippen LogP contribution is -2.28. The molecular weight excluding hydrogens is 146 g/mol. The molecule has 0 heterocycles. The van der Waals surface area contributed by atoms with E-state index in [9.17, 15) is 0 Å². The fourth-order valence-corrected chi connectivity index (χ4v) is 1.32. The maximum absolute atomic E-state index is 3.56. The minimum atomic E-state index is 0. The molecule has 0 unspecified atom stereocenters. The van der Waals surface area contributed by atoms with Crippen LogP contribution in [-0.4, -0.2) is 12.6 Å². The van der Waals surface area contributed by atoms with Gasteiger partial charge in [0.15, 0.2) is 0 Å². The van der Waals surface area contributed by atoms with Gasteiger partial charge in [0.2, 0.25) is 0 Å². The topological polar surface area (TPSA) is 12.0 Å². The van der Waals surface area contributed by atoms with Crippen molar-refractivity contribution in [1.29, 1.82) is 0 Å². The first-order chi connectivity index (χ1) is 4.45. The molecule has 1 N–H and O–H groups in total. The van der Waals surface area contributed by atoms with Crippen molar-refractivity contribution in [3.8, 4) is 0 Å². The van der Waals surface area contributed by atoms with Crippen LogP contribution in [0.5, 0.6) is 0 Å². The summed E-state index contributed by atoms with van der Waals surface area (Å²) in [6.07, 6.45) is 7.33. The molecule has 0 saturated heterocycles. The molecule has 2 saturated carbocycles. The van der Waals surface area contributed by atoms with Crippen molar-refractivity contribution in [3.05, 3.63) is 0 Å². The highest BCUT2D eigenvalue weighted by Crippen LogP contribution is 2.27. The van der Waals surface area contributed by atoms with Crippen molar-refractivity contribution in [2.24, 2.45) is 5.92 Å². The average molecular weight is 162 g/mol. The van der Waals surface area contributed by atoms with Crippen LogP contribution >= 0.6 is 12.4 Å². The molecule has 0 aromatic carbocycles. The highest BCUT2D eigenvalue weighted by atomic mass is 35.5. The molecule has 2 heteroatoms. The van der Waals surface area contributed by atoms with Crippen LogP contribution in [-0.2, 0) is 0 Å². The van der Waals surface area contributed by atoms with Crippen molar-refractivity contribution in [3.63, 3.8) is 0 Å². The van der Waals surface area contributed by atoms with Gasteiger partial charge in [0, 0.05) is 6.04 Å². The summed E-state index contributed by atoms with van der Waals surface area (Å²) in [6.45, 7) is 1.31. The van der Waals surface area contributed by atoms with E-state index in [1.54, 1.807) is 0 Å². The number of halogens is 1. The zero-order chi connectivity index (χ0) is 6.10. The Bertz CT molecular complexity index is 97.4. The second-order valence-electron chi connectivity index (χ2n) is 3.48. The van der Waals surface area contributed by atoms with Crippen LogP contribution in [0.15, 0.2) is 0 Å². The van der Waals surface area contributed by atoms with E-state index < -0.39 is 0 Å². The normalized spacial score (nSPS) is 25.2. The third-order valence-corrected chi connectivity index (χ3v) is 2.50. The van der Waals surface area contributed by atoms with Gasteiger partial charge in [0.25, 0.3) is 0 Å². The Hall–Kier alpha value is 0.250. The van der Waals surface area contributed by atoms with Gasteiger partial charge in [-0.3, -0.25) is 0 Å². The van der Waals surface area contributed by atoms with Crippen LogP contribution in [0.4, 0.5) is 0 Å². The van der Waals surface area contributed by atoms with Gasteiger partial charge in [-0.05, 0) is 38.1 Å². The lowest BCUT2D eigenvalue weighted by molar-refractivity contribution is 0.301. The van der Waals surface area contributed by atoms with Gasteiger partial charge in [0.05, 0.1) is 0 Å². The van der Waals surface area contributed by atoms with Crippen LogP contribution in [0.1, 0.15) is 32.1 Å². The second-order valence-corrected chi connectivity index (χ2v) is 3.48. The molecule has 2 aliphatic rings. The molecule has 0 radical (unpaired) electrons. The van der Waals surface area contributed by atoms with Crippen molar-refractivity contribution >= 4 is 12.4 Å².